The Morgan fingerprint density at radius 1 is 1.62 bits per heavy atom. The van der Waals surface area contributed by atoms with Crippen molar-refractivity contribution in [2.24, 2.45) is 0 Å². The smallest absolute Gasteiger partial charge is 0.174 e. The quantitative estimate of drug-likeness (QED) is 0.481. The van der Waals surface area contributed by atoms with Gasteiger partial charge in [0.15, 0.2) is 12.1 Å². The number of hydrogen-bond donors (Lipinski definition) is 0. The van der Waals surface area contributed by atoms with Gasteiger partial charge in [0.1, 0.15) is 11.8 Å². The molecule has 82 valence electrons. The van der Waals surface area contributed by atoms with Crippen LogP contribution in [0.25, 0.3) is 0 Å². The van der Waals surface area contributed by atoms with Crippen molar-refractivity contribution < 1.29 is 14.3 Å². The summed E-state index contributed by atoms with van der Waals surface area (Å²) in [4.78, 5) is 22.3. The molecule has 0 atom stereocenters. The van der Waals surface area contributed by atoms with Gasteiger partial charge in [0, 0.05) is 11.1 Å². The molecule has 0 aliphatic carbocycles. The van der Waals surface area contributed by atoms with Crippen LogP contribution in [0.3, 0.4) is 0 Å². The molecule has 0 N–H and O–H groups in total. The van der Waals surface area contributed by atoms with Gasteiger partial charge in [-0.25, -0.2) is 0 Å². The van der Waals surface area contributed by atoms with Crippen molar-refractivity contribution in [2.45, 2.75) is 0 Å². The number of benzene rings is 1. The highest BCUT2D eigenvalue weighted by atomic mass is 79.9. The summed E-state index contributed by atoms with van der Waals surface area (Å²) in [5, 5.41) is 8.93. The Kier molecular flexibility index (Phi) is 4.20. The predicted octanol–water partition coefficient (Wildman–Crippen LogP) is 1.96. The molecule has 0 heterocycles. The number of ketones is 1. The largest absolute Gasteiger partial charge is 0.495 e. The highest BCUT2D eigenvalue weighted by molar-refractivity contribution is 9.09. The summed E-state index contributed by atoms with van der Waals surface area (Å²) >= 11 is 3.03. The second-order valence-electron chi connectivity index (χ2n) is 2.93. The van der Waals surface area contributed by atoms with Gasteiger partial charge in [-0.15, -0.1) is 0 Å². The number of Topliss-reactive ketones (excluding diaryl/α,β-unsaturated/α-hetero) is 1. The van der Waals surface area contributed by atoms with Crippen LogP contribution in [-0.2, 0) is 0 Å². The molecule has 0 fully saturated rings. The highest BCUT2D eigenvalue weighted by Crippen LogP contribution is 2.23. The van der Waals surface area contributed by atoms with Crippen LogP contribution in [0.15, 0.2) is 12.1 Å². The van der Waals surface area contributed by atoms with Crippen LogP contribution in [0.2, 0.25) is 0 Å². The third-order valence-corrected chi connectivity index (χ3v) is 2.55. The molecule has 5 heteroatoms. The number of carbonyl (C=O) groups excluding carboxylic acids is 2. The summed E-state index contributed by atoms with van der Waals surface area (Å²) in [6.07, 6.45) is 0.552. The van der Waals surface area contributed by atoms with Gasteiger partial charge in [-0.3, -0.25) is 9.59 Å². The second kappa shape index (κ2) is 5.42. The van der Waals surface area contributed by atoms with Gasteiger partial charge in [0.25, 0.3) is 0 Å². The SMILES string of the molecule is COc1cc(C(=O)CBr)c(C=O)cc1C#N. The van der Waals surface area contributed by atoms with Crippen molar-refractivity contribution in [3.63, 3.8) is 0 Å². The van der Waals surface area contributed by atoms with Crippen molar-refractivity contribution in [3.05, 3.63) is 28.8 Å². The third kappa shape index (κ3) is 2.28. The van der Waals surface area contributed by atoms with E-state index in [9.17, 15) is 9.59 Å². The lowest BCUT2D eigenvalue weighted by atomic mass is 10.0. The van der Waals surface area contributed by atoms with E-state index in [1.807, 2.05) is 6.07 Å². The minimum Gasteiger partial charge on any atom is -0.495 e. The van der Waals surface area contributed by atoms with Gasteiger partial charge in [-0.2, -0.15) is 5.26 Å². The molecule has 1 rings (SSSR count). The van der Waals surface area contributed by atoms with E-state index in [1.165, 1.54) is 19.2 Å². The van der Waals surface area contributed by atoms with E-state index in [0.717, 1.165) is 0 Å². The Balaban J connectivity index is 3.44. The Morgan fingerprint density at radius 2 is 2.31 bits per heavy atom. The fourth-order valence-electron chi connectivity index (χ4n) is 1.26. The van der Waals surface area contributed by atoms with Gasteiger partial charge >= 0.3 is 0 Å². The Hall–Kier alpha value is -1.67. The van der Waals surface area contributed by atoms with Gasteiger partial charge in [0.2, 0.25) is 0 Å². The first-order valence-corrected chi connectivity index (χ1v) is 5.46. The molecule has 0 saturated carbocycles. The zero-order chi connectivity index (χ0) is 12.1. The summed E-state index contributed by atoms with van der Waals surface area (Å²) in [5.74, 6) is 0.0577. The normalized spacial score (nSPS) is 9.31. The number of hydrogen-bond acceptors (Lipinski definition) is 4. The maximum Gasteiger partial charge on any atom is 0.174 e. The average molecular weight is 282 g/mol. The Labute approximate surface area is 101 Å². The lowest BCUT2D eigenvalue weighted by molar-refractivity contribution is 0.101. The van der Waals surface area contributed by atoms with Crippen LogP contribution in [0, 0.1) is 11.3 Å². The lowest BCUT2D eigenvalue weighted by Gasteiger charge is -2.07. The van der Waals surface area contributed by atoms with E-state index in [0.29, 0.717) is 6.29 Å². The van der Waals surface area contributed by atoms with Crippen molar-refractivity contribution in [3.8, 4) is 11.8 Å². The first kappa shape index (κ1) is 12.4. The standard InChI is InChI=1S/C11H8BrNO3/c1-16-11-3-9(10(15)4-12)8(6-14)2-7(11)5-13/h2-3,6H,4H2,1H3. The molecule has 0 aliphatic heterocycles. The lowest BCUT2D eigenvalue weighted by Crippen LogP contribution is -2.06. The molecule has 1 aromatic carbocycles. The summed E-state index contributed by atoms with van der Waals surface area (Å²) in [5.41, 5.74) is 0.681. The van der Waals surface area contributed by atoms with Gasteiger partial charge in [-0.05, 0) is 12.1 Å². The molecule has 0 spiro atoms. The van der Waals surface area contributed by atoms with Gasteiger partial charge in [0.05, 0.1) is 18.0 Å². The van der Waals surface area contributed by atoms with E-state index in [-0.39, 0.29) is 33.6 Å². The number of aldehydes is 1. The third-order valence-electron chi connectivity index (χ3n) is 2.04. The van der Waals surface area contributed by atoms with Crippen LogP contribution in [0.4, 0.5) is 0 Å². The minimum absolute atomic E-state index is 0.114. The van der Waals surface area contributed by atoms with Crippen molar-refractivity contribution >= 4 is 28.0 Å². The van der Waals surface area contributed by atoms with E-state index >= 15 is 0 Å². The van der Waals surface area contributed by atoms with Crippen LogP contribution in [-0.4, -0.2) is 24.5 Å². The van der Waals surface area contributed by atoms with E-state index < -0.39 is 0 Å². The van der Waals surface area contributed by atoms with Crippen molar-refractivity contribution in [1.82, 2.24) is 0 Å². The number of carbonyl (C=O) groups is 2. The number of nitriles is 1. The summed E-state index contributed by atoms with van der Waals surface area (Å²) in [6.45, 7) is 0. The molecule has 0 aromatic heterocycles. The molecule has 4 nitrogen and oxygen atoms in total. The maximum absolute atomic E-state index is 11.5. The zero-order valence-corrected chi connectivity index (χ0v) is 10.1. The second-order valence-corrected chi connectivity index (χ2v) is 3.49. The molecule has 16 heavy (non-hydrogen) atoms. The molecule has 0 saturated heterocycles. The van der Waals surface area contributed by atoms with Gasteiger partial charge < -0.3 is 4.74 Å². The van der Waals surface area contributed by atoms with Crippen LogP contribution in [0.1, 0.15) is 26.3 Å². The molecule has 0 amide bonds. The number of halogens is 1. The fraction of sp³-hybridized carbons (Fsp3) is 0.182. The topological polar surface area (TPSA) is 67.2 Å². The number of nitrogens with zero attached hydrogens (tertiary/aromatic N) is 1. The van der Waals surface area contributed by atoms with Gasteiger partial charge in [-0.1, -0.05) is 15.9 Å². The average Bonchev–Trinajstić information content (AvgIpc) is 2.35. The first-order chi connectivity index (χ1) is 7.67. The fourth-order valence-corrected chi connectivity index (χ4v) is 1.57. The molecule has 0 radical (unpaired) electrons. The summed E-state index contributed by atoms with van der Waals surface area (Å²) in [7, 11) is 1.40. The maximum atomic E-state index is 11.5. The molecule has 1 aromatic rings. The predicted molar refractivity (Wildman–Crippen MR) is 61.2 cm³/mol. The molecule has 0 unspecified atom stereocenters. The monoisotopic (exact) mass is 281 g/mol. The van der Waals surface area contributed by atoms with E-state index in [4.69, 9.17) is 10.00 Å². The van der Waals surface area contributed by atoms with Crippen LogP contribution >= 0.6 is 15.9 Å². The molecule has 0 bridgehead atoms. The minimum atomic E-state index is -0.232. The Bertz CT molecular complexity index is 477. The zero-order valence-electron chi connectivity index (χ0n) is 8.49. The number of alkyl halides is 1. The molecular formula is C11H8BrNO3. The molecular weight excluding hydrogens is 274 g/mol. The number of ether oxygens (including phenoxy) is 1. The Morgan fingerprint density at radius 3 is 2.75 bits per heavy atom. The van der Waals surface area contributed by atoms with E-state index in [2.05, 4.69) is 15.9 Å². The summed E-state index contributed by atoms with van der Waals surface area (Å²) in [6, 6.07) is 4.66. The molecule has 0 aliphatic rings. The number of rotatable bonds is 4. The van der Waals surface area contributed by atoms with Crippen molar-refractivity contribution in [2.75, 3.05) is 12.4 Å². The van der Waals surface area contributed by atoms with Crippen LogP contribution < -0.4 is 4.74 Å². The highest BCUT2D eigenvalue weighted by Gasteiger charge is 2.14. The first-order valence-electron chi connectivity index (χ1n) is 4.34. The number of methoxy groups -OCH3 is 1. The van der Waals surface area contributed by atoms with Crippen molar-refractivity contribution in [1.29, 1.82) is 5.26 Å². The van der Waals surface area contributed by atoms with Crippen LogP contribution in [0.5, 0.6) is 5.75 Å². The van der Waals surface area contributed by atoms with E-state index in [1.54, 1.807) is 0 Å². The summed E-state index contributed by atoms with van der Waals surface area (Å²) < 4.78 is 4.97.